The highest BCUT2D eigenvalue weighted by Gasteiger charge is 2.18. The fourth-order valence-corrected chi connectivity index (χ4v) is 2.67. The smallest absolute Gasteiger partial charge is 0.123 e. The van der Waals surface area contributed by atoms with Crippen LogP contribution in [0.15, 0.2) is 24.3 Å². The van der Waals surface area contributed by atoms with Crippen LogP contribution in [0.3, 0.4) is 0 Å². The standard InChI is InChI=1S/C15H24FNOS/c1-12(11-13-5-7-14(16)8-6-13)17-9-10-19(18)15(2,3)4/h5-8,12,17H,9-11H2,1-4H3. The third-order valence-electron chi connectivity index (χ3n) is 2.92. The second kappa shape index (κ2) is 7.15. The van der Waals surface area contributed by atoms with Crippen LogP contribution in [0.25, 0.3) is 0 Å². The van der Waals surface area contributed by atoms with Crippen molar-refractivity contribution in [3.05, 3.63) is 35.6 Å². The summed E-state index contributed by atoms with van der Waals surface area (Å²) < 4.78 is 24.5. The van der Waals surface area contributed by atoms with E-state index < -0.39 is 10.8 Å². The van der Waals surface area contributed by atoms with Crippen LogP contribution in [-0.4, -0.2) is 27.3 Å². The summed E-state index contributed by atoms with van der Waals surface area (Å²) in [6.07, 6.45) is 0.850. The van der Waals surface area contributed by atoms with Gasteiger partial charge in [0.25, 0.3) is 0 Å². The molecule has 0 amide bonds. The van der Waals surface area contributed by atoms with Crippen molar-refractivity contribution >= 4 is 10.8 Å². The van der Waals surface area contributed by atoms with E-state index in [4.69, 9.17) is 0 Å². The van der Waals surface area contributed by atoms with E-state index in [1.165, 1.54) is 12.1 Å². The average molecular weight is 285 g/mol. The van der Waals surface area contributed by atoms with Crippen LogP contribution < -0.4 is 5.32 Å². The third-order valence-corrected chi connectivity index (χ3v) is 4.86. The van der Waals surface area contributed by atoms with Crippen LogP contribution in [0.5, 0.6) is 0 Å². The van der Waals surface area contributed by atoms with Crippen molar-refractivity contribution in [3.63, 3.8) is 0 Å². The Labute approximate surface area is 118 Å². The molecule has 1 N–H and O–H groups in total. The minimum absolute atomic E-state index is 0.151. The number of nitrogens with one attached hydrogen (secondary N) is 1. The van der Waals surface area contributed by atoms with E-state index >= 15 is 0 Å². The Morgan fingerprint density at radius 1 is 1.26 bits per heavy atom. The van der Waals surface area contributed by atoms with E-state index in [1.807, 2.05) is 20.8 Å². The molecule has 1 aromatic carbocycles. The molecule has 1 rings (SSSR count). The highest BCUT2D eigenvalue weighted by atomic mass is 32.2. The van der Waals surface area contributed by atoms with Gasteiger partial charge >= 0.3 is 0 Å². The summed E-state index contributed by atoms with van der Waals surface area (Å²) in [7, 11) is -0.815. The van der Waals surface area contributed by atoms with Gasteiger partial charge in [-0.2, -0.15) is 0 Å². The van der Waals surface area contributed by atoms with Crippen LogP contribution in [0, 0.1) is 5.82 Å². The van der Waals surface area contributed by atoms with Gasteiger partial charge in [0.05, 0.1) is 0 Å². The lowest BCUT2D eigenvalue weighted by Gasteiger charge is -2.19. The number of hydrogen-bond acceptors (Lipinski definition) is 2. The molecule has 2 nitrogen and oxygen atoms in total. The molecule has 2 unspecified atom stereocenters. The number of hydrogen-bond donors (Lipinski definition) is 1. The van der Waals surface area contributed by atoms with Gasteiger partial charge in [-0.3, -0.25) is 4.21 Å². The van der Waals surface area contributed by atoms with Crippen LogP contribution in [0.2, 0.25) is 0 Å². The molecule has 4 heteroatoms. The molecule has 0 saturated heterocycles. The largest absolute Gasteiger partial charge is 0.313 e. The molecule has 0 aliphatic heterocycles. The molecule has 0 aromatic heterocycles. The number of benzene rings is 1. The monoisotopic (exact) mass is 285 g/mol. The van der Waals surface area contributed by atoms with E-state index in [0.29, 0.717) is 11.8 Å². The van der Waals surface area contributed by atoms with E-state index in [-0.39, 0.29) is 10.6 Å². The highest BCUT2D eigenvalue weighted by molar-refractivity contribution is 7.86. The second-order valence-electron chi connectivity index (χ2n) is 5.85. The van der Waals surface area contributed by atoms with Crippen LogP contribution >= 0.6 is 0 Å². The molecule has 108 valence electrons. The molecule has 0 bridgehead atoms. The lowest BCUT2D eigenvalue weighted by atomic mass is 10.1. The number of rotatable bonds is 6. The topological polar surface area (TPSA) is 29.1 Å². The molecule has 0 spiro atoms. The zero-order chi connectivity index (χ0) is 14.5. The molecule has 0 heterocycles. The molecule has 19 heavy (non-hydrogen) atoms. The first kappa shape index (κ1) is 16.3. The Bertz CT molecular complexity index is 411. The maximum atomic E-state index is 12.8. The molecular weight excluding hydrogens is 261 g/mol. The zero-order valence-corrected chi connectivity index (χ0v) is 13.0. The lowest BCUT2D eigenvalue weighted by Crippen LogP contribution is -2.34. The van der Waals surface area contributed by atoms with Gasteiger partial charge in [0.15, 0.2) is 0 Å². The Morgan fingerprint density at radius 2 is 1.84 bits per heavy atom. The summed E-state index contributed by atoms with van der Waals surface area (Å²) in [4.78, 5) is 0. The fraction of sp³-hybridized carbons (Fsp3) is 0.600. The van der Waals surface area contributed by atoms with Crippen molar-refractivity contribution in [2.45, 2.75) is 44.9 Å². The maximum Gasteiger partial charge on any atom is 0.123 e. The van der Waals surface area contributed by atoms with Crippen molar-refractivity contribution in [2.24, 2.45) is 0 Å². The van der Waals surface area contributed by atoms with Crippen molar-refractivity contribution in [2.75, 3.05) is 12.3 Å². The van der Waals surface area contributed by atoms with Gasteiger partial charge in [0, 0.05) is 33.9 Å². The summed E-state index contributed by atoms with van der Waals surface area (Å²) in [5, 5.41) is 3.36. The van der Waals surface area contributed by atoms with Crippen molar-refractivity contribution in [1.82, 2.24) is 5.32 Å². The average Bonchev–Trinajstić information content (AvgIpc) is 2.31. The Morgan fingerprint density at radius 3 is 2.37 bits per heavy atom. The van der Waals surface area contributed by atoms with Crippen molar-refractivity contribution in [3.8, 4) is 0 Å². The second-order valence-corrected chi connectivity index (χ2v) is 8.17. The van der Waals surface area contributed by atoms with Crippen molar-refractivity contribution in [1.29, 1.82) is 0 Å². The van der Waals surface area contributed by atoms with Crippen LogP contribution in [0.4, 0.5) is 4.39 Å². The predicted molar refractivity (Wildman–Crippen MR) is 80.3 cm³/mol. The molecule has 2 atom stereocenters. The summed E-state index contributed by atoms with van der Waals surface area (Å²) in [6, 6.07) is 6.87. The molecular formula is C15H24FNOS. The van der Waals surface area contributed by atoms with Gasteiger partial charge in [-0.1, -0.05) is 12.1 Å². The Kier molecular flexibility index (Phi) is 6.14. The maximum absolute atomic E-state index is 12.8. The first-order valence-corrected chi connectivity index (χ1v) is 7.97. The zero-order valence-electron chi connectivity index (χ0n) is 12.2. The molecule has 0 aliphatic rings. The highest BCUT2D eigenvalue weighted by Crippen LogP contribution is 2.10. The third kappa shape index (κ3) is 6.30. The Hall–Kier alpha value is -0.740. The van der Waals surface area contributed by atoms with Gasteiger partial charge in [-0.05, 0) is 51.8 Å². The quantitative estimate of drug-likeness (QED) is 0.871. The van der Waals surface area contributed by atoms with Crippen LogP contribution in [-0.2, 0) is 17.2 Å². The molecule has 0 aliphatic carbocycles. The number of halogens is 1. The fourth-order valence-electron chi connectivity index (χ4n) is 1.75. The summed E-state index contributed by atoms with van der Waals surface area (Å²) in [5.74, 6) is 0.460. The van der Waals surface area contributed by atoms with Crippen LogP contribution in [0.1, 0.15) is 33.3 Å². The minimum Gasteiger partial charge on any atom is -0.313 e. The van der Waals surface area contributed by atoms with Gasteiger partial charge in [0.2, 0.25) is 0 Å². The first-order valence-electron chi connectivity index (χ1n) is 6.65. The summed E-state index contributed by atoms with van der Waals surface area (Å²) in [5.41, 5.74) is 1.11. The minimum atomic E-state index is -0.815. The van der Waals surface area contributed by atoms with Gasteiger partial charge in [0.1, 0.15) is 5.82 Å². The molecule has 0 fully saturated rings. The normalized spacial score (nSPS) is 15.2. The van der Waals surface area contributed by atoms with Gasteiger partial charge in [-0.15, -0.1) is 0 Å². The van der Waals surface area contributed by atoms with E-state index in [1.54, 1.807) is 12.1 Å². The van der Waals surface area contributed by atoms with Crippen molar-refractivity contribution < 1.29 is 8.60 Å². The summed E-state index contributed by atoms with van der Waals surface area (Å²) in [6.45, 7) is 8.80. The molecule has 0 radical (unpaired) electrons. The summed E-state index contributed by atoms with van der Waals surface area (Å²) >= 11 is 0. The van der Waals surface area contributed by atoms with Gasteiger partial charge in [-0.25, -0.2) is 4.39 Å². The van der Waals surface area contributed by atoms with E-state index in [2.05, 4.69) is 12.2 Å². The van der Waals surface area contributed by atoms with Gasteiger partial charge < -0.3 is 5.32 Å². The molecule has 0 saturated carbocycles. The Balaban J connectivity index is 2.30. The predicted octanol–water partition coefficient (Wildman–Crippen LogP) is 2.89. The van der Waals surface area contributed by atoms with E-state index in [0.717, 1.165) is 18.5 Å². The lowest BCUT2D eigenvalue weighted by molar-refractivity contribution is 0.561. The first-order chi connectivity index (χ1) is 8.79. The molecule has 1 aromatic rings. The van der Waals surface area contributed by atoms with E-state index in [9.17, 15) is 8.60 Å². The SMILES string of the molecule is CC(Cc1ccc(F)cc1)NCCS(=O)C(C)(C)C.